The summed E-state index contributed by atoms with van der Waals surface area (Å²) in [4.78, 5) is 11.4. The fourth-order valence-electron chi connectivity index (χ4n) is 1.50. The highest BCUT2D eigenvalue weighted by Gasteiger charge is 2.18. The van der Waals surface area contributed by atoms with Gasteiger partial charge in [-0.25, -0.2) is 0 Å². The van der Waals surface area contributed by atoms with Gasteiger partial charge >= 0.3 is 5.69 Å². The van der Waals surface area contributed by atoms with Crippen molar-refractivity contribution < 1.29 is 9.11 Å². The fourth-order valence-corrected chi connectivity index (χ4v) is 2.09. The minimum atomic E-state index is -0.420. The van der Waals surface area contributed by atoms with Crippen molar-refractivity contribution in [1.29, 1.82) is 0 Å². The van der Waals surface area contributed by atoms with E-state index in [1.54, 1.807) is 25.1 Å². The molecule has 0 N–H and O–H groups in total. The normalized spacial score (nSPS) is 10.1. The molecule has 0 atom stereocenters. The van der Waals surface area contributed by atoms with E-state index in [-0.39, 0.29) is 11.4 Å². The molecule has 5 heteroatoms. The molecule has 0 aliphatic carbocycles. The molecule has 0 heterocycles. The molecule has 0 aliphatic heterocycles. The Hall–Kier alpha value is -2.01. The molecule has 18 heavy (non-hydrogen) atoms. The molecule has 4 nitrogen and oxygen atoms in total. The van der Waals surface area contributed by atoms with E-state index in [2.05, 4.69) is 0 Å². The van der Waals surface area contributed by atoms with Crippen LogP contribution in [0.4, 0.5) is 5.69 Å². The van der Waals surface area contributed by atoms with Gasteiger partial charge in [0.05, 0.1) is 17.0 Å². The summed E-state index contributed by atoms with van der Waals surface area (Å²) in [5.74, 6) is 0.272. The third kappa shape index (κ3) is 2.81. The van der Waals surface area contributed by atoms with Crippen molar-refractivity contribution in [2.75, 3.05) is 0 Å². The van der Waals surface area contributed by atoms with E-state index < -0.39 is 4.92 Å². The van der Waals surface area contributed by atoms with E-state index in [4.69, 9.17) is 4.18 Å². The molecular weight excluding hydrogens is 250 g/mol. The summed E-state index contributed by atoms with van der Waals surface area (Å²) >= 11 is 1.11. The predicted molar refractivity (Wildman–Crippen MR) is 70.8 cm³/mol. The zero-order chi connectivity index (χ0) is 13.0. The molecule has 0 spiro atoms. The van der Waals surface area contributed by atoms with Gasteiger partial charge in [0.15, 0.2) is 0 Å². The van der Waals surface area contributed by atoms with Crippen LogP contribution >= 0.6 is 12.0 Å². The Morgan fingerprint density at radius 2 is 1.83 bits per heavy atom. The first kappa shape index (κ1) is 12.4. The lowest BCUT2D eigenvalue weighted by Gasteiger charge is -2.06. The number of nitro groups is 1. The van der Waals surface area contributed by atoms with Crippen LogP contribution in [-0.2, 0) is 0 Å². The zero-order valence-corrected chi connectivity index (χ0v) is 10.5. The van der Waals surface area contributed by atoms with Crippen LogP contribution in [0.25, 0.3) is 0 Å². The second kappa shape index (κ2) is 5.55. The maximum atomic E-state index is 11.0. The Kier molecular flexibility index (Phi) is 3.84. The second-order valence-corrected chi connectivity index (χ2v) is 4.46. The first-order valence-electron chi connectivity index (χ1n) is 5.32. The van der Waals surface area contributed by atoms with Crippen LogP contribution in [-0.4, -0.2) is 4.92 Å². The van der Waals surface area contributed by atoms with Crippen molar-refractivity contribution in [2.45, 2.75) is 11.8 Å². The van der Waals surface area contributed by atoms with Crippen molar-refractivity contribution in [3.8, 4) is 5.75 Å². The molecule has 0 unspecified atom stereocenters. The first-order valence-corrected chi connectivity index (χ1v) is 6.06. The average molecular weight is 261 g/mol. The lowest BCUT2D eigenvalue weighted by molar-refractivity contribution is -0.386. The van der Waals surface area contributed by atoms with Crippen LogP contribution < -0.4 is 4.18 Å². The van der Waals surface area contributed by atoms with Gasteiger partial charge in [0.25, 0.3) is 0 Å². The van der Waals surface area contributed by atoms with E-state index in [0.29, 0.717) is 5.56 Å². The summed E-state index contributed by atoms with van der Waals surface area (Å²) in [6, 6.07) is 14.5. The topological polar surface area (TPSA) is 52.4 Å². The van der Waals surface area contributed by atoms with Crippen LogP contribution in [0.3, 0.4) is 0 Å². The van der Waals surface area contributed by atoms with E-state index in [1.807, 2.05) is 30.3 Å². The summed E-state index contributed by atoms with van der Waals surface area (Å²) in [5, 5.41) is 11.0. The van der Waals surface area contributed by atoms with Gasteiger partial charge in [0, 0.05) is 10.5 Å². The molecule has 0 bridgehead atoms. The molecule has 2 aromatic rings. The fraction of sp³-hybridized carbons (Fsp3) is 0.0769. The Morgan fingerprint density at radius 1 is 1.11 bits per heavy atom. The Morgan fingerprint density at radius 3 is 2.50 bits per heavy atom. The third-order valence-corrected chi connectivity index (χ3v) is 3.08. The summed E-state index contributed by atoms with van der Waals surface area (Å²) in [5.41, 5.74) is 0.604. The first-order chi connectivity index (χ1) is 8.68. The summed E-state index contributed by atoms with van der Waals surface area (Å²) in [6.07, 6.45) is 0. The van der Waals surface area contributed by atoms with Gasteiger partial charge in [-0.3, -0.25) is 10.1 Å². The van der Waals surface area contributed by atoms with Crippen LogP contribution in [0.1, 0.15) is 5.56 Å². The van der Waals surface area contributed by atoms with Crippen LogP contribution in [0.15, 0.2) is 53.4 Å². The lowest BCUT2D eigenvalue weighted by atomic mass is 10.2. The summed E-state index contributed by atoms with van der Waals surface area (Å²) < 4.78 is 5.44. The number of nitrogens with zero attached hydrogens (tertiary/aromatic N) is 1. The third-order valence-electron chi connectivity index (χ3n) is 2.35. The highest BCUT2D eigenvalue weighted by atomic mass is 32.2. The van der Waals surface area contributed by atoms with E-state index in [9.17, 15) is 10.1 Å². The maximum absolute atomic E-state index is 11.0. The van der Waals surface area contributed by atoms with Crippen molar-refractivity contribution >= 4 is 17.7 Å². The summed E-state index contributed by atoms with van der Waals surface area (Å²) in [7, 11) is 0. The molecule has 0 saturated carbocycles. The molecule has 0 aromatic heterocycles. The van der Waals surface area contributed by atoms with Gasteiger partial charge in [-0.05, 0) is 25.1 Å². The molecule has 0 amide bonds. The number of nitro benzene ring substituents is 1. The number of para-hydroxylation sites is 1. The van der Waals surface area contributed by atoms with E-state index in [0.717, 1.165) is 16.9 Å². The minimum Gasteiger partial charge on any atom is -0.413 e. The Bertz CT molecular complexity index is 557. The highest BCUT2D eigenvalue weighted by molar-refractivity contribution is 7.95. The largest absolute Gasteiger partial charge is 0.413 e. The number of rotatable bonds is 4. The molecule has 0 radical (unpaired) electrons. The number of hydrogen-bond acceptors (Lipinski definition) is 4. The Labute approximate surface area is 109 Å². The lowest BCUT2D eigenvalue weighted by Crippen LogP contribution is -1.95. The van der Waals surface area contributed by atoms with Crippen molar-refractivity contribution in [2.24, 2.45) is 0 Å². The van der Waals surface area contributed by atoms with Crippen molar-refractivity contribution in [3.05, 3.63) is 64.2 Å². The SMILES string of the molecule is Cc1cccc(OSc2ccccc2)c1[N+](=O)[O-]. The minimum absolute atomic E-state index is 0.0148. The second-order valence-electron chi connectivity index (χ2n) is 3.66. The quantitative estimate of drug-likeness (QED) is 0.474. The molecule has 0 fully saturated rings. The van der Waals surface area contributed by atoms with Crippen LogP contribution in [0.5, 0.6) is 5.75 Å². The van der Waals surface area contributed by atoms with Gasteiger partial charge in [-0.1, -0.05) is 30.3 Å². The average Bonchev–Trinajstić information content (AvgIpc) is 2.37. The predicted octanol–water partition coefficient (Wildman–Crippen LogP) is 3.99. The maximum Gasteiger partial charge on any atom is 0.315 e. The van der Waals surface area contributed by atoms with Gasteiger partial charge < -0.3 is 4.18 Å². The molecular formula is C13H11NO3S. The molecule has 0 aliphatic rings. The van der Waals surface area contributed by atoms with Crippen LogP contribution in [0, 0.1) is 17.0 Å². The highest BCUT2D eigenvalue weighted by Crippen LogP contribution is 2.34. The van der Waals surface area contributed by atoms with Gasteiger partial charge in [-0.2, -0.15) is 0 Å². The number of benzene rings is 2. The molecule has 92 valence electrons. The molecule has 2 rings (SSSR count). The van der Waals surface area contributed by atoms with Gasteiger partial charge in [-0.15, -0.1) is 0 Å². The number of hydrogen-bond donors (Lipinski definition) is 0. The van der Waals surface area contributed by atoms with Crippen molar-refractivity contribution in [3.63, 3.8) is 0 Å². The number of aryl methyl sites for hydroxylation is 1. The standard InChI is InChI=1S/C13H11NO3S/c1-10-6-5-9-12(13(10)14(15)16)17-18-11-7-3-2-4-8-11/h2-9H,1H3. The van der Waals surface area contributed by atoms with Gasteiger partial charge in [0.1, 0.15) is 0 Å². The van der Waals surface area contributed by atoms with E-state index in [1.165, 1.54) is 0 Å². The Balaban J connectivity index is 2.20. The molecule has 0 saturated heterocycles. The summed E-state index contributed by atoms with van der Waals surface area (Å²) in [6.45, 7) is 1.69. The molecule has 2 aromatic carbocycles. The van der Waals surface area contributed by atoms with Crippen LogP contribution in [0.2, 0.25) is 0 Å². The van der Waals surface area contributed by atoms with Crippen molar-refractivity contribution in [1.82, 2.24) is 0 Å². The monoisotopic (exact) mass is 261 g/mol. The smallest absolute Gasteiger partial charge is 0.315 e. The van der Waals surface area contributed by atoms with E-state index >= 15 is 0 Å². The van der Waals surface area contributed by atoms with Gasteiger partial charge in [0.2, 0.25) is 5.75 Å². The zero-order valence-electron chi connectivity index (χ0n) is 9.70.